The number of benzene rings is 2. The van der Waals surface area contributed by atoms with Crippen LogP contribution in [0.5, 0.6) is 11.5 Å². The summed E-state index contributed by atoms with van der Waals surface area (Å²) in [6, 6.07) is 13.7. The molecule has 0 aliphatic carbocycles. The number of nitro groups is 1. The highest BCUT2D eigenvalue weighted by atomic mass is 16.6. The van der Waals surface area contributed by atoms with E-state index in [9.17, 15) is 19.7 Å². The fourth-order valence-electron chi connectivity index (χ4n) is 3.33. The summed E-state index contributed by atoms with van der Waals surface area (Å²) in [5, 5.41) is 14.7. The van der Waals surface area contributed by atoms with Crippen molar-refractivity contribution < 1.29 is 24.0 Å². The fraction of sp³-hybridized carbons (Fsp3) is 0.174. The number of amides is 2. The molecule has 0 saturated carbocycles. The Morgan fingerprint density at radius 1 is 0.971 bits per heavy atom. The Bertz CT molecular complexity index is 1230. The number of fused-ring (bicyclic) bond motifs is 1. The van der Waals surface area contributed by atoms with E-state index in [1.165, 1.54) is 24.3 Å². The molecule has 11 heteroatoms. The van der Waals surface area contributed by atoms with Crippen LogP contribution >= 0.6 is 0 Å². The summed E-state index contributed by atoms with van der Waals surface area (Å²) in [5.74, 6) is -0.324. The van der Waals surface area contributed by atoms with Crippen molar-refractivity contribution in [1.29, 1.82) is 0 Å². The molecular weight excluding hydrogens is 442 g/mol. The first-order chi connectivity index (χ1) is 16.4. The first-order valence-corrected chi connectivity index (χ1v) is 10.4. The molecule has 0 spiro atoms. The minimum absolute atomic E-state index is 0.00483. The molecule has 34 heavy (non-hydrogen) atoms. The molecule has 1 aliphatic rings. The number of nitrogens with zero attached hydrogens (tertiary/aromatic N) is 2. The Morgan fingerprint density at radius 2 is 1.65 bits per heavy atom. The standard InChI is InChI=1S/C23H21N5O6/c1-14(17-4-2-3-9-24-17)25-18-7-5-15(12-19(18)28(31)32)22(29)26-27-23(30)16-6-8-20-21(13-16)34-11-10-33-20/h2-9,12-14,25H,10-11H2,1H3,(H,26,29)(H,27,30). The van der Waals surface area contributed by atoms with Gasteiger partial charge in [0.25, 0.3) is 17.5 Å². The molecule has 2 aromatic carbocycles. The van der Waals surface area contributed by atoms with Crippen molar-refractivity contribution >= 4 is 23.2 Å². The highest BCUT2D eigenvalue weighted by molar-refractivity contribution is 6.00. The number of hydrazine groups is 1. The normalized spacial score (nSPS) is 12.9. The van der Waals surface area contributed by atoms with E-state index in [0.29, 0.717) is 30.4 Å². The molecule has 1 unspecified atom stereocenters. The number of pyridine rings is 1. The lowest BCUT2D eigenvalue weighted by Crippen LogP contribution is -2.41. The molecule has 174 valence electrons. The minimum atomic E-state index is -0.710. The molecule has 0 bridgehead atoms. The number of carbonyl (C=O) groups excluding carboxylic acids is 2. The zero-order chi connectivity index (χ0) is 24.1. The van der Waals surface area contributed by atoms with Gasteiger partial charge in [0.1, 0.15) is 18.9 Å². The number of aromatic nitrogens is 1. The van der Waals surface area contributed by atoms with Gasteiger partial charge in [-0.1, -0.05) is 6.07 Å². The molecule has 2 amide bonds. The molecule has 3 aromatic rings. The van der Waals surface area contributed by atoms with Crippen LogP contribution in [0, 0.1) is 10.1 Å². The molecule has 1 aromatic heterocycles. The summed E-state index contributed by atoms with van der Waals surface area (Å²) in [5.41, 5.74) is 5.47. The van der Waals surface area contributed by atoms with Gasteiger partial charge in [0, 0.05) is 23.4 Å². The predicted molar refractivity (Wildman–Crippen MR) is 122 cm³/mol. The predicted octanol–water partition coefficient (Wildman–Crippen LogP) is 3.01. The van der Waals surface area contributed by atoms with Crippen LogP contribution in [0.25, 0.3) is 0 Å². The lowest BCUT2D eigenvalue weighted by Gasteiger charge is -2.18. The first kappa shape index (κ1) is 22.5. The minimum Gasteiger partial charge on any atom is -0.486 e. The molecule has 3 N–H and O–H groups in total. The quantitative estimate of drug-likeness (QED) is 0.374. The maximum atomic E-state index is 12.5. The molecule has 1 atom stereocenters. The van der Waals surface area contributed by atoms with E-state index >= 15 is 0 Å². The van der Waals surface area contributed by atoms with E-state index in [1.807, 2.05) is 13.0 Å². The first-order valence-electron chi connectivity index (χ1n) is 10.4. The van der Waals surface area contributed by atoms with E-state index in [4.69, 9.17) is 9.47 Å². The molecule has 2 heterocycles. The van der Waals surface area contributed by atoms with Crippen LogP contribution in [0.15, 0.2) is 60.8 Å². The van der Waals surface area contributed by atoms with Crippen molar-refractivity contribution in [2.24, 2.45) is 0 Å². The van der Waals surface area contributed by atoms with Crippen LogP contribution in [-0.4, -0.2) is 34.9 Å². The Hall–Kier alpha value is -4.67. The van der Waals surface area contributed by atoms with Crippen LogP contribution in [0.1, 0.15) is 39.4 Å². The second-order valence-electron chi connectivity index (χ2n) is 7.38. The van der Waals surface area contributed by atoms with Gasteiger partial charge in [0.2, 0.25) is 0 Å². The van der Waals surface area contributed by atoms with Gasteiger partial charge in [-0.25, -0.2) is 0 Å². The van der Waals surface area contributed by atoms with Gasteiger partial charge in [0.15, 0.2) is 11.5 Å². The SMILES string of the molecule is CC(Nc1ccc(C(=O)NNC(=O)c2ccc3c(c2)OCCO3)cc1[N+](=O)[O-])c1ccccn1. The van der Waals surface area contributed by atoms with Gasteiger partial charge in [-0.15, -0.1) is 0 Å². The number of nitrogens with one attached hydrogen (secondary N) is 3. The Labute approximate surface area is 194 Å². The van der Waals surface area contributed by atoms with E-state index in [1.54, 1.807) is 24.4 Å². The topological polar surface area (TPSA) is 145 Å². The number of anilines is 1. The fourth-order valence-corrected chi connectivity index (χ4v) is 3.33. The third-order valence-electron chi connectivity index (χ3n) is 5.05. The highest BCUT2D eigenvalue weighted by Gasteiger charge is 2.21. The molecule has 11 nitrogen and oxygen atoms in total. The summed E-state index contributed by atoms with van der Waals surface area (Å²) >= 11 is 0. The van der Waals surface area contributed by atoms with Gasteiger partial charge >= 0.3 is 0 Å². The van der Waals surface area contributed by atoms with Gasteiger partial charge in [-0.05, 0) is 49.4 Å². The van der Waals surface area contributed by atoms with E-state index in [2.05, 4.69) is 21.2 Å². The van der Waals surface area contributed by atoms with Gasteiger partial charge < -0.3 is 14.8 Å². The molecule has 0 saturated heterocycles. The number of ether oxygens (including phenoxy) is 2. The zero-order valence-corrected chi connectivity index (χ0v) is 18.1. The second kappa shape index (κ2) is 9.86. The summed E-state index contributed by atoms with van der Waals surface area (Å²) in [6.07, 6.45) is 1.63. The monoisotopic (exact) mass is 463 g/mol. The van der Waals surface area contributed by atoms with Crippen LogP contribution in [0.3, 0.4) is 0 Å². The van der Waals surface area contributed by atoms with E-state index in [0.717, 1.165) is 6.07 Å². The molecule has 4 rings (SSSR count). The van der Waals surface area contributed by atoms with Gasteiger partial charge in [0.05, 0.1) is 16.7 Å². The van der Waals surface area contributed by atoms with Crippen molar-refractivity contribution in [2.45, 2.75) is 13.0 Å². The number of hydrogen-bond acceptors (Lipinski definition) is 8. The van der Waals surface area contributed by atoms with Crippen LogP contribution in [-0.2, 0) is 0 Å². The zero-order valence-electron chi connectivity index (χ0n) is 18.1. The lowest BCUT2D eigenvalue weighted by molar-refractivity contribution is -0.384. The summed E-state index contributed by atoms with van der Waals surface area (Å²) < 4.78 is 10.9. The smallest absolute Gasteiger partial charge is 0.293 e. The summed E-state index contributed by atoms with van der Waals surface area (Å²) in [4.78, 5) is 40.2. The lowest BCUT2D eigenvalue weighted by atomic mass is 10.1. The van der Waals surface area contributed by atoms with Crippen molar-refractivity contribution in [3.8, 4) is 11.5 Å². The van der Waals surface area contributed by atoms with Gasteiger partial charge in [-0.3, -0.25) is 35.5 Å². The largest absolute Gasteiger partial charge is 0.486 e. The number of rotatable bonds is 6. The maximum Gasteiger partial charge on any atom is 0.293 e. The molecule has 0 radical (unpaired) electrons. The highest BCUT2D eigenvalue weighted by Crippen LogP contribution is 2.31. The van der Waals surface area contributed by atoms with Crippen molar-refractivity contribution in [1.82, 2.24) is 15.8 Å². The third-order valence-corrected chi connectivity index (χ3v) is 5.05. The Kier molecular flexibility index (Phi) is 6.53. The van der Waals surface area contributed by atoms with Crippen LogP contribution in [0.2, 0.25) is 0 Å². The van der Waals surface area contributed by atoms with Crippen molar-refractivity contribution in [3.05, 3.63) is 87.7 Å². The van der Waals surface area contributed by atoms with E-state index < -0.39 is 16.7 Å². The van der Waals surface area contributed by atoms with Gasteiger partial charge in [-0.2, -0.15) is 0 Å². The Balaban J connectivity index is 1.43. The summed E-state index contributed by atoms with van der Waals surface area (Å²) in [6.45, 7) is 2.62. The van der Waals surface area contributed by atoms with Crippen LogP contribution < -0.4 is 25.6 Å². The number of nitro benzene ring substituents is 1. The maximum absolute atomic E-state index is 12.5. The second-order valence-corrected chi connectivity index (χ2v) is 7.38. The average Bonchev–Trinajstić information content (AvgIpc) is 2.87. The Morgan fingerprint density at radius 3 is 2.32 bits per heavy atom. The van der Waals surface area contributed by atoms with Crippen molar-refractivity contribution in [3.63, 3.8) is 0 Å². The van der Waals surface area contributed by atoms with E-state index in [-0.39, 0.29) is 28.5 Å². The van der Waals surface area contributed by atoms with Crippen molar-refractivity contribution in [2.75, 3.05) is 18.5 Å². The molecular formula is C23H21N5O6. The third kappa shape index (κ3) is 5.04. The number of hydrogen-bond donors (Lipinski definition) is 3. The number of carbonyl (C=O) groups is 2. The summed E-state index contributed by atoms with van der Waals surface area (Å²) in [7, 11) is 0. The van der Waals surface area contributed by atoms with Crippen LogP contribution in [0.4, 0.5) is 11.4 Å². The average molecular weight is 463 g/mol. The molecule has 1 aliphatic heterocycles. The molecule has 0 fully saturated rings.